The predicted octanol–water partition coefficient (Wildman–Crippen LogP) is 4.09. The minimum Gasteiger partial charge on any atom is -0.362 e. The highest BCUT2D eigenvalue weighted by Crippen LogP contribution is 2.19. The third-order valence-corrected chi connectivity index (χ3v) is 4.26. The molecule has 0 bridgehead atoms. The molecule has 3 aromatic carbocycles. The van der Waals surface area contributed by atoms with E-state index in [1.54, 1.807) is 0 Å². The summed E-state index contributed by atoms with van der Waals surface area (Å²) in [6.07, 6.45) is 4.17. The zero-order chi connectivity index (χ0) is 18.2. The Morgan fingerprint density at radius 3 is 2.50 bits per heavy atom. The summed E-state index contributed by atoms with van der Waals surface area (Å²) >= 11 is 5.18. The number of hydrogen-bond acceptors (Lipinski definition) is 2. The molecule has 1 amide bonds. The van der Waals surface area contributed by atoms with Crippen LogP contribution in [0.1, 0.15) is 11.1 Å². The molecule has 0 aliphatic rings. The first kappa shape index (κ1) is 17.8. The Morgan fingerprint density at radius 1 is 0.923 bits per heavy atom. The van der Waals surface area contributed by atoms with Crippen molar-refractivity contribution in [2.24, 2.45) is 0 Å². The monoisotopic (exact) mass is 360 g/mol. The minimum absolute atomic E-state index is 0.241. The van der Waals surface area contributed by atoms with Crippen molar-refractivity contribution >= 4 is 40.1 Å². The predicted molar refractivity (Wildman–Crippen MR) is 112 cm³/mol. The number of hydrogen-bond donors (Lipinski definition) is 2. The van der Waals surface area contributed by atoms with Gasteiger partial charge in [0.2, 0.25) is 5.91 Å². The summed E-state index contributed by atoms with van der Waals surface area (Å²) in [6.45, 7) is 0.677. The number of carbonyl (C=O) groups excluding carboxylic acids is 1. The first-order valence-corrected chi connectivity index (χ1v) is 8.92. The van der Waals surface area contributed by atoms with Gasteiger partial charge in [0.1, 0.15) is 0 Å². The summed E-state index contributed by atoms with van der Waals surface area (Å²) in [7, 11) is 0. The van der Waals surface area contributed by atoms with E-state index in [0.29, 0.717) is 11.7 Å². The molecule has 4 heteroatoms. The van der Waals surface area contributed by atoms with E-state index in [9.17, 15) is 4.79 Å². The molecule has 0 spiro atoms. The van der Waals surface area contributed by atoms with E-state index in [4.69, 9.17) is 12.2 Å². The van der Waals surface area contributed by atoms with Crippen LogP contribution in [0, 0.1) is 0 Å². The summed E-state index contributed by atoms with van der Waals surface area (Å²) < 4.78 is 0. The quantitative estimate of drug-likeness (QED) is 0.532. The molecule has 0 radical (unpaired) electrons. The molecule has 0 aliphatic carbocycles. The van der Waals surface area contributed by atoms with Gasteiger partial charge < -0.3 is 5.32 Å². The van der Waals surface area contributed by atoms with Gasteiger partial charge in [0.15, 0.2) is 5.11 Å². The molecule has 0 aromatic heterocycles. The number of amides is 1. The lowest BCUT2D eigenvalue weighted by Crippen LogP contribution is -2.39. The molecule has 3 nitrogen and oxygen atoms in total. The van der Waals surface area contributed by atoms with E-state index in [1.807, 2.05) is 54.6 Å². The number of rotatable bonds is 5. The molecular weight excluding hydrogens is 340 g/mol. The summed E-state index contributed by atoms with van der Waals surface area (Å²) in [4.78, 5) is 12.1. The minimum atomic E-state index is -0.241. The molecule has 26 heavy (non-hydrogen) atoms. The van der Waals surface area contributed by atoms with E-state index in [1.165, 1.54) is 11.6 Å². The average Bonchev–Trinajstić information content (AvgIpc) is 2.67. The van der Waals surface area contributed by atoms with E-state index in [2.05, 4.69) is 34.9 Å². The molecule has 0 fully saturated rings. The van der Waals surface area contributed by atoms with Gasteiger partial charge in [-0.15, -0.1) is 0 Å². The number of carbonyl (C=O) groups is 1. The Hall–Kier alpha value is -2.98. The van der Waals surface area contributed by atoms with Crippen LogP contribution in [0.3, 0.4) is 0 Å². The maximum Gasteiger partial charge on any atom is 0.250 e. The number of benzene rings is 3. The van der Waals surface area contributed by atoms with Crippen LogP contribution >= 0.6 is 12.2 Å². The Kier molecular flexibility index (Phi) is 6.12. The summed E-state index contributed by atoms with van der Waals surface area (Å²) in [6, 6.07) is 24.3. The van der Waals surface area contributed by atoms with Crippen LogP contribution < -0.4 is 10.6 Å². The highest BCUT2D eigenvalue weighted by atomic mass is 32.1. The summed E-state index contributed by atoms with van der Waals surface area (Å²) in [5.41, 5.74) is 2.23. The lowest BCUT2D eigenvalue weighted by Gasteiger charge is -2.08. The van der Waals surface area contributed by atoms with Gasteiger partial charge in [-0.25, -0.2) is 0 Å². The molecule has 0 saturated carbocycles. The zero-order valence-corrected chi connectivity index (χ0v) is 15.1. The van der Waals surface area contributed by atoms with Gasteiger partial charge in [-0.3, -0.25) is 10.1 Å². The van der Waals surface area contributed by atoms with Gasteiger partial charge in [-0.1, -0.05) is 72.8 Å². The van der Waals surface area contributed by atoms with Crippen molar-refractivity contribution in [1.29, 1.82) is 0 Å². The van der Waals surface area contributed by atoms with Crippen molar-refractivity contribution in [1.82, 2.24) is 10.6 Å². The van der Waals surface area contributed by atoms with Crippen molar-refractivity contribution in [2.45, 2.75) is 6.42 Å². The van der Waals surface area contributed by atoms with Crippen molar-refractivity contribution in [3.05, 3.63) is 90.0 Å². The highest BCUT2D eigenvalue weighted by Gasteiger charge is 2.02. The average molecular weight is 360 g/mol. The van der Waals surface area contributed by atoms with Crippen LogP contribution in [0.5, 0.6) is 0 Å². The SMILES string of the molecule is O=C(C=Cc1cccc2ccccc12)NC(=S)NCCc1ccccc1. The second kappa shape index (κ2) is 8.92. The lowest BCUT2D eigenvalue weighted by atomic mass is 10.0. The summed E-state index contributed by atoms with van der Waals surface area (Å²) in [5, 5.41) is 8.34. The smallest absolute Gasteiger partial charge is 0.250 e. The van der Waals surface area contributed by atoms with Crippen molar-refractivity contribution in [3.8, 4) is 0 Å². The van der Waals surface area contributed by atoms with E-state index >= 15 is 0 Å². The molecule has 3 rings (SSSR count). The first-order chi connectivity index (χ1) is 12.7. The normalized spacial score (nSPS) is 10.8. The molecular formula is C22H20N2OS. The van der Waals surface area contributed by atoms with E-state index in [0.717, 1.165) is 22.8 Å². The Labute approximate surface area is 158 Å². The van der Waals surface area contributed by atoms with Gasteiger partial charge >= 0.3 is 0 Å². The second-order valence-electron chi connectivity index (χ2n) is 5.88. The molecule has 130 valence electrons. The van der Waals surface area contributed by atoms with E-state index < -0.39 is 0 Å². The standard InChI is InChI=1S/C22H20N2OS/c25-21(24-22(26)23-16-15-17-7-2-1-3-8-17)14-13-19-11-6-10-18-9-4-5-12-20(18)19/h1-14H,15-16H2,(H2,23,24,25,26). The Balaban J connectivity index is 1.51. The Morgan fingerprint density at radius 2 is 1.65 bits per heavy atom. The molecule has 2 N–H and O–H groups in total. The Bertz CT molecular complexity index is 930. The molecule has 3 aromatic rings. The maximum absolute atomic E-state index is 12.1. The molecule has 0 atom stereocenters. The maximum atomic E-state index is 12.1. The third kappa shape index (κ3) is 5.01. The zero-order valence-electron chi connectivity index (χ0n) is 14.3. The van der Waals surface area contributed by atoms with Crippen LogP contribution in [-0.4, -0.2) is 17.6 Å². The van der Waals surface area contributed by atoms with Crippen molar-refractivity contribution < 1.29 is 4.79 Å². The van der Waals surface area contributed by atoms with Gasteiger partial charge in [0.25, 0.3) is 0 Å². The fourth-order valence-corrected chi connectivity index (χ4v) is 2.93. The fraction of sp³-hybridized carbons (Fsp3) is 0.0909. The van der Waals surface area contributed by atoms with Crippen LogP contribution in [0.4, 0.5) is 0 Å². The van der Waals surface area contributed by atoms with Gasteiger partial charge in [-0.2, -0.15) is 0 Å². The van der Waals surface area contributed by atoms with Gasteiger partial charge in [0.05, 0.1) is 0 Å². The van der Waals surface area contributed by atoms with Crippen LogP contribution in [0.15, 0.2) is 78.9 Å². The molecule has 0 heterocycles. The largest absolute Gasteiger partial charge is 0.362 e. The first-order valence-electron chi connectivity index (χ1n) is 8.51. The van der Waals surface area contributed by atoms with Gasteiger partial charge in [0, 0.05) is 12.6 Å². The number of nitrogens with one attached hydrogen (secondary N) is 2. The lowest BCUT2D eigenvalue weighted by molar-refractivity contribution is -0.115. The summed E-state index contributed by atoms with van der Waals surface area (Å²) in [5.74, 6) is -0.241. The van der Waals surface area contributed by atoms with Crippen LogP contribution in [0.25, 0.3) is 16.8 Å². The highest BCUT2D eigenvalue weighted by molar-refractivity contribution is 7.80. The second-order valence-corrected chi connectivity index (χ2v) is 6.29. The van der Waals surface area contributed by atoms with Crippen molar-refractivity contribution in [2.75, 3.05) is 6.54 Å². The number of thiocarbonyl (C=S) groups is 1. The van der Waals surface area contributed by atoms with Crippen LogP contribution in [0.2, 0.25) is 0 Å². The molecule has 0 saturated heterocycles. The van der Waals surface area contributed by atoms with Crippen LogP contribution in [-0.2, 0) is 11.2 Å². The van der Waals surface area contributed by atoms with Crippen molar-refractivity contribution in [3.63, 3.8) is 0 Å². The third-order valence-electron chi connectivity index (χ3n) is 4.02. The molecule has 0 unspecified atom stereocenters. The topological polar surface area (TPSA) is 41.1 Å². The fourth-order valence-electron chi connectivity index (χ4n) is 2.72. The number of fused-ring (bicyclic) bond motifs is 1. The molecule has 0 aliphatic heterocycles. The van der Waals surface area contributed by atoms with E-state index in [-0.39, 0.29) is 5.91 Å². The van der Waals surface area contributed by atoms with Gasteiger partial charge in [-0.05, 0) is 46.6 Å².